The van der Waals surface area contributed by atoms with Crippen LogP contribution in [0.15, 0.2) is 42.5 Å². The Morgan fingerprint density at radius 2 is 2.12 bits per heavy atom. The van der Waals surface area contributed by atoms with E-state index in [-0.39, 0.29) is 11.7 Å². The van der Waals surface area contributed by atoms with Gasteiger partial charge in [0.1, 0.15) is 5.82 Å². The van der Waals surface area contributed by atoms with E-state index >= 15 is 0 Å². The number of likely N-dealkylation sites (tertiary alicyclic amines) is 1. The third kappa shape index (κ3) is 5.04. The molecule has 4 nitrogen and oxygen atoms in total. The van der Waals surface area contributed by atoms with E-state index in [1.165, 1.54) is 6.07 Å². The van der Waals surface area contributed by atoms with Crippen LogP contribution in [0.2, 0.25) is 0 Å². The molecule has 0 aliphatic carbocycles. The standard InChI is InChI=1S/C21H25FN2O2/c1-16-6-4-10-20(23-16)26-15-17-7-5-13-24(14-17)21(25)12-11-18-8-2-3-9-19(18)22/h2-4,6,8-10,17H,5,7,11-15H2,1H3. The third-order valence-corrected chi connectivity index (χ3v) is 4.77. The second kappa shape index (κ2) is 8.79. The minimum atomic E-state index is -0.240. The van der Waals surface area contributed by atoms with E-state index in [9.17, 15) is 9.18 Å². The van der Waals surface area contributed by atoms with Crippen molar-refractivity contribution in [2.75, 3.05) is 19.7 Å². The Labute approximate surface area is 154 Å². The first-order valence-electron chi connectivity index (χ1n) is 9.19. The number of hydrogen-bond donors (Lipinski definition) is 0. The molecule has 3 rings (SSSR count). The zero-order valence-corrected chi connectivity index (χ0v) is 15.2. The summed E-state index contributed by atoms with van der Waals surface area (Å²) in [5.41, 5.74) is 1.53. The molecule has 0 bridgehead atoms. The van der Waals surface area contributed by atoms with Gasteiger partial charge in [0.25, 0.3) is 0 Å². The highest BCUT2D eigenvalue weighted by atomic mass is 19.1. The molecule has 1 unspecified atom stereocenters. The second-order valence-corrected chi connectivity index (χ2v) is 6.87. The molecule has 1 atom stereocenters. The number of hydrogen-bond acceptors (Lipinski definition) is 3. The summed E-state index contributed by atoms with van der Waals surface area (Å²) in [6, 6.07) is 12.4. The summed E-state index contributed by atoms with van der Waals surface area (Å²) < 4.78 is 19.5. The number of benzene rings is 1. The van der Waals surface area contributed by atoms with Crippen LogP contribution in [0.25, 0.3) is 0 Å². The Balaban J connectivity index is 1.48. The molecule has 1 saturated heterocycles. The van der Waals surface area contributed by atoms with Crippen LogP contribution in [-0.2, 0) is 11.2 Å². The molecule has 1 aliphatic rings. The number of aryl methyl sites for hydroxylation is 2. The van der Waals surface area contributed by atoms with E-state index in [1.54, 1.807) is 18.2 Å². The van der Waals surface area contributed by atoms with Gasteiger partial charge in [-0.2, -0.15) is 0 Å². The Morgan fingerprint density at radius 3 is 2.92 bits per heavy atom. The Kier molecular flexibility index (Phi) is 6.21. The molecule has 1 aromatic heterocycles. The summed E-state index contributed by atoms with van der Waals surface area (Å²) in [6.45, 7) is 3.97. The lowest BCUT2D eigenvalue weighted by atomic mass is 9.98. The number of nitrogens with zero attached hydrogens (tertiary/aromatic N) is 2. The zero-order valence-electron chi connectivity index (χ0n) is 15.2. The largest absolute Gasteiger partial charge is 0.477 e. The average molecular weight is 356 g/mol. The van der Waals surface area contributed by atoms with E-state index in [1.807, 2.05) is 30.0 Å². The first-order valence-corrected chi connectivity index (χ1v) is 9.19. The van der Waals surface area contributed by atoms with Crippen molar-refractivity contribution >= 4 is 5.91 Å². The maximum Gasteiger partial charge on any atom is 0.222 e. The molecular formula is C21H25FN2O2. The molecule has 0 radical (unpaired) electrons. The van der Waals surface area contributed by atoms with E-state index in [4.69, 9.17) is 4.74 Å². The van der Waals surface area contributed by atoms with E-state index in [0.717, 1.165) is 25.1 Å². The van der Waals surface area contributed by atoms with Crippen molar-refractivity contribution < 1.29 is 13.9 Å². The Morgan fingerprint density at radius 1 is 1.27 bits per heavy atom. The van der Waals surface area contributed by atoms with Gasteiger partial charge in [0.05, 0.1) is 6.61 Å². The van der Waals surface area contributed by atoms with Crippen molar-refractivity contribution in [3.63, 3.8) is 0 Å². The van der Waals surface area contributed by atoms with Gasteiger partial charge in [-0.05, 0) is 43.9 Å². The maximum absolute atomic E-state index is 13.7. The normalized spacial score (nSPS) is 17.2. The van der Waals surface area contributed by atoms with Gasteiger partial charge in [-0.25, -0.2) is 9.37 Å². The number of pyridine rings is 1. The van der Waals surface area contributed by atoms with Crippen molar-refractivity contribution in [1.29, 1.82) is 0 Å². The van der Waals surface area contributed by atoms with Gasteiger partial charge in [-0.1, -0.05) is 24.3 Å². The fourth-order valence-electron chi connectivity index (χ4n) is 3.33. The molecule has 0 spiro atoms. The van der Waals surface area contributed by atoms with Crippen LogP contribution in [0.5, 0.6) is 5.88 Å². The second-order valence-electron chi connectivity index (χ2n) is 6.87. The molecule has 5 heteroatoms. The molecule has 2 heterocycles. The van der Waals surface area contributed by atoms with Crippen LogP contribution in [0.1, 0.15) is 30.5 Å². The number of carbonyl (C=O) groups excluding carboxylic acids is 1. The monoisotopic (exact) mass is 356 g/mol. The van der Waals surface area contributed by atoms with Gasteiger partial charge in [0, 0.05) is 37.2 Å². The lowest BCUT2D eigenvalue weighted by Crippen LogP contribution is -2.41. The highest BCUT2D eigenvalue weighted by molar-refractivity contribution is 5.76. The quantitative estimate of drug-likeness (QED) is 0.791. The molecule has 1 aliphatic heterocycles. The first-order chi connectivity index (χ1) is 12.6. The highest BCUT2D eigenvalue weighted by Crippen LogP contribution is 2.19. The zero-order chi connectivity index (χ0) is 18.4. The SMILES string of the molecule is Cc1cccc(OCC2CCCN(C(=O)CCc3ccccc3F)C2)n1. The fourth-order valence-corrected chi connectivity index (χ4v) is 3.33. The number of amides is 1. The van der Waals surface area contributed by atoms with Crippen molar-refractivity contribution in [3.8, 4) is 5.88 Å². The lowest BCUT2D eigenvalue weighted by molar-refractivity contribution is -0.133. The van der Waals surface area contributed by atoms with Gasteiger partial charge in [0.2, 0.25) is 11.8 Å². The number of rotatable bonds is 6. The Hall–Kier alpha value is -2.43. The third-order valence-electron chi connectivity index (χ3n) is 4.77. The predicted molar refractivity (Wildman–Crippen MR) is 98.5 cm³/mol. The maximum atomic E-state index is 13.7. The smallest absolute Gasteiger partial charge is 0.222 e. The summed E-state index contributed by atoms with van der Waals surface area (Å²) in [5, 5.41) is 0. The van der Waals surface area contributed by atoms with Gasteiger partial charge in [-0.15, -0.1) is 0 Å². The molecule has 1 amide bonds. The number of halogens is 1. The lowest BCUT2D eigenvalue weighted by Gasteiger charge is -2.32. The summed E-state index contributed by atoms with van der Waals surface area (Å²) in [7, 11) is 0. The van der Waals surface area contributed by atoms with Crippen molar-refractivity contribution in [1.82, 2.24) is 9.88 Å². The first kappa shape index (κ1) is 18.4. The average Bonchev–Trinajstić information content (AvgIpc) is 2.66. The van der Waals surface area contributed by atoms with Crippen molar-refractivity contribution in [3.05, 3.63) is 59.5 Å². The summed E-state index contributed by atoms with van der Waals surface area (Å²) in [4.78, 5) is 18.7. The number of ether oxygens (including phenoxy) is 1. The van der Waals surface area contributed by atoms with E-state index in [0.29, 0.717) is 43.4 Å². The van der Waals surface area contributed by atoms with Crippen molar-refractivity contribution in [2.24, 2.45) is 5.92 Å². The summed E-state index contributed by atoms with van der Waals surface area (Å²) in [5.74, 6) is 0.791. The molecule has 2 aromatic rings. The van der Waals surface area contributed by atoms with Crippen LogP contribution >= 0.6 is 0 Å². The van der Waals surface area contributed by atoms with Crippen LogP contribution in [0, 0.1) is 18.7 Å². The van der Waals surface area contributed by atoms with Crippen LogP contribution < -0.4 is 4.74 Å². The molecule has 1 fully saturated rings. The molecule has 138 valence electrons. The fraction of sp³-hybridized carbons (Fsp3) is 0.429. The van der Waals surface area contributed by atoms with Gasteiger partial charge >= 0.3 is 0 Å². The van der Waals surface area contributed by atoms with Crippen molar-refractivity contribution in [2.45, 2.75) is 32.6 Å². The molecule has 0 saturated carbocycles. The number of carbonyl (C=O) groups is 1. The summed E-state index contributed by atoms with van der Waals surface area (Å²) >= 11 is 0. The van der Waals surface area contributed by atoms with Crippen LogP contribution in [0.3, 0.4) is 0 Å². The van der Waals surface area contributed by atoms with Gasteiger partial charge in [0.15, 0.2) is 0 Å². The van der Waals surface area contributed by atoms with Crippen LogP contribution in [-0.4, -0.2) is 35.5 Å². The highest BCUT2D eigenvalue weighted by Gasteiger charge is 2.24. The topological polar surface area (TPSA) is 42.4 Å². The molecule has 1 aromatic carbocycles. The minimum absolute atomic E-state index is 0.0895. The van der Waals surface area contributed by atoms with Gasteiger partial charge < -0.3 is 9.64 Å². The van der Waals surface area contributed by atoms with Gasteiger partial charge in [-0.3, -0.25) is 4.79 Å². The Bertz CT molecular complexity index is 750. The minimum Gasteiger partial charge on any atom is -0.477 e. The van der Waals surface area contributed by atoms with Crippen LogP contribution in [0.4, 0.5) is 4.39 Å². The molecule has 0 N–H and O–H groups in total. The predicted octanol–water partition coefficient (Wildman–Crippen LogP) is 3.78. The summed E-state index contributed by atoms with van der Waals surface area (Å²) in [6.07, 6.45) is 2.80. The van der Waals surface area contributed by atoms with E-state index < -0.39 is 0 Å². The molecule has 26 heavy (non-hydrogen) atoms. The molecular weight excluding hydrogens is 331 g/mol. The number of piperidine rings is 1. The number of aromatic nitrogens is 1. The van der Waals surface area contributed by atoms with E-state index in [2.05, 4.69) is 4.98 Å².